The first-order valence-corrected chi connectivity index (χ1v) is 8.58. The number of furan rings is 1. The number of hydrogen-bond acceptors (Lipinski definition) is 5. The van der Waals surface area contributed by atoms with Crippen molar-refractivity contribution in [3.8, 4) is 11.5 Å². The second kappa shape index (κ2) is 6.19. The van der Waals surface area contributed by atoms with Crippen LogP contribution in [0.1, 0.15) is 11.3 Å². The van der Waals surface area contributed by atoms with Crippen LogP contribution >= 0.6 is 11.6 Å². The van der Waals surface area contributed by atoms with Crippen LogP contribution in [0.25, 0.3) is 11.5 Å². The van der Waals surface area contributed by atoms with Gasteiger partial charge in [0.05, 0.1) is 5.69 Å². The van der Waals surface area contributed by atoms with Crippen molar-refractivity contribution in [2.24, 2.45) is 0 Å². The molecule has 2 heterocycles. The van der Waals surface area contributed by atoms with E-state index in [0.717, 1.165) is 5.56 Å². The Balaban J connectivity index is 1.75. The van der Waals surface area contributed by atoms with Gasteiger partial charge < -0.3 is 8.94 Å². The van der Waals surface area contributed by atoms with Crippen molar-refractivity contribution in [3.63, 3.8) is 0 Å². The summed E-state index contributed by atoms with van der Waals surface area (Å²) >= 11 is 5.79. The molecule has 3 aromatic rings. The van der Waals surface area contributed by atoms with E-state index in [2.05, 4.69) is 9.88 Å². The second-order valence-corrected chi connectivity index (χ2v) is 7.04. The lowest BCUT2D eigenvalue weighted by Gasteiger charge is -2.04. The third kappa shape index (κ3) is 3.64. The first-order valence-electron chi connectivity index (χ1n) is 6.72. The highest BCUT2D eigenvalue weighted by atomic mass is 35.5. The summed E-state index contributed by atoms with van der Waals surface area (Å²) in [7, 11) is -3.76. The van der Waals surface area contributed by atoms with E-state index in [9.17, 15) is 8.42 Å². The van der Waals surface area contributed by atoms with Crippen LogP contribution in [0.4, 0.5) is 0 Å². The number of rotatable bonds is 5. The van der Waals surface area contributed by atoms with Crippen LogP contribution in [0, 0.1) is 6.92 Å². The molecule has 0 amide bonds. The first-order chi connectivity index (χ1) is 10.9. The number of nitrogens with zero attached hydrogens (tertiary/aromatic N) is 1. The van der Waals surface area contributed by atoms with Gasteiger partial charge >= 0.3 is 0 Å². The molecule has 0 fully saturated rings. The number of hydrogen-bond donors (Lipinski definition) is 1. The van der Waals surface area contributed by atoms with Gasteiger partial charge in [0.15, 0.2) is 5.76 Å². The Morgan fingerprint density at radius 3 is 2.52 bits per heavy atom. The first kappa shape index (κ1) is 15.8. The average Bonchev–Trinajstić information content (AvgIpc) is 3.16. The highest BCUT2D eigenvalue weighted by Crippen LogP contribution is 2.25. The van der Waals surface area contributed by atoms with E-state index in [1.807, 2.05) is 0 Å². The van der Waals surface area contributed by atoms with E-state index in [1.54, 1.807) is 37.3 Å². The normalized spacial score (nSPS) is 11.7. The highest BCUT2D eigenvalue weighted by Gasteiger charge is 2.20. The lowest BCUT2D eigenvalue weighted by Crippen LogP contribution is -2.22. The van der Waals surface area contributed by atoms with Crippen molar-refractivity contribution < 1.29 is 17.4 Å². The number of aryl methyl sites for hydroxylation is 1. The lowest BCUT2D eigenvalue weighted by molar-refractivity contribution is 0.397. The number of halogens is 1. The van der Waals surface area contributed by atoms with Crippen molar-refractivity contribution in [1.29, 1.82) is 0 Å². The minimum Gasteiger partial charge on any atom is -0.440 e. The standard InChI is InChI=1S/C15H13ClN2O4S/c1-10-8-14(22-18-10)13-6-7-15(21-13)23(19,20)17-9-11-2-4-12(16)5-3-11/h2-8,17H,9H2,1H3. The summed E-state index contributed by atoms with van der Waals surface area (Å²) in [6, 6.07) is 11.4. The van der Waals surface area contributed by atoms with E-state index in [-0.39, 0.29) is 11.6 Å². The van der Waals surface area contributed by atoms with Crippen LogP contribution in [0.2, 0.25) is 5.02 Å². The zero-order valence-corrected chi connectivity index (χ0v) is 13.7. The van der Waals surface area contributed by atoms with E-state index in [0.29, 0.717) is 22.2 Å². The minimum absolute atomic E-state index is 0.136. The van der Waals surface area contributed by atoms with Gasteiger partial charge in [0.2, 0.25) is 10.9 Å². The molecule has 0 saturated heterocycles. The molecular weight excluding hydrogens is 340 g/mol. The van der Waals surface area contributed by atoms with Gasteiger partial charge in [-0.05, 0) is 36.8 Å². The van der Waals surface area contributed by atoms with E-state index < -0.39 is 10.0 Å². The van der Waals surface area contributed by atoms with Gasteiger partial charge in [0.25, 0.3) is 10.0 Å². The van der Waals surface area contributed by atoms with Gasteiger partial charge in [-0.3, -0.25) is 0 Å². The predicted molar refractivity (Wildman–Crippen MR) is 84.4 cm³/mol. The van der Waals surface area contributed by atoms with Gasteiger partial charge in [-0.1, -0.05) is 28.9 Å². The van der Waals surface area contributed by atoms with E-state index in [4.69, 9.17) is 20.5 Å². The molecule has 0 radical (unpaired) electrons. The zero-order chi connectivity index (χ0) is 16.4. The van der Waals surface area contributed by atoms with Crippen LogP contribution < -0.4 is 4.72 Å². The number of sulfonamides is 1. The van der Waals surface area contributed by atoms with Gasteiger partial charge in [-0.2, -0.15) is 0 Å². The molecule has 8 heteroatoms. The molecule has 0 aliphatic rings. The molecule has 23 heavy (non-hydrogen) atoms. The van der Waals surface area contributed by atoms with E-state index >= 15 is 0 Å². The maximum Gasteiger partial charge on any atom is 0.274 e. The molecule has 0 atom stereocenters. The fourth-order valence-electron chi connectivity index (χ4n) is 1.93. The zero-order valence-electron chi connectivity index (χ0n) is 12.1. The largest absolute Gasteiger partial charge is 0.440 e. The Morgan fingerprint density at radius 1 is 1.13 bits per heavy atom. The molecule has 0 aliphatic carbocycles. The van der Waals surface area contributed by atoms with Crippen molar-refractivity contribution in [2.75, 3.05) is 0 Å². The molecule has 0 spiro atoms. The maximum absolute atomic E-state index is 12.2. The molecule has 0 saturated carbocycles. The summed E-state index contributed by atoms with van der Waals surface area (Å²) in [6.45, 7) is 1.90. The maximum atomic E-state index is 12.2. The third-order valence-electron chi connectivity index (χ3n) is 3.10. The smallest absolute Gasteiger partial charge is 0.274 e. The van der Waals surface area contributed by atoms with E-state index in [1.165, 1.54) is 12.1 Å². The lowest BCUT2D eigenvalue weighted by atomic mass is 10.2. The molecular formula is C15H13ClN2O4S. The average molecular weight is 353 g/mol. The Kier molecular flexibility index (Phi) is 4.25. The predicted octanol–water partition coefficient (Wildman–Crippen LogP) is 3.37. The molecule has 3 rings (SSSR count). The fourth-order valence-corrected chi connectivity index (χ4v) is 3.00. The highest BCUT2D eigenvalue weighted by molar-refractivity contribution is 7.89. The number of benzene rings is 1. The Hall–Kier alpha value is -2.09. The summed E-state index contributed by atoms with van der Waals surface area (Å²) in [6.07, 6.45) is 0. The van der Waals surface area contributed by atoms with Crippen LogP contribution in [0.5, 0.6) is 0 Å². The van der Waals surface area contributed by atoms with Crippen LogP contribution in [0.15, 0.2) is 56.5 Å². The summed E-state index contributed by atoms with van der Waals surface area (Å²) < 4.78 is 37.4. The van der Waals surface area contributed by atoms with Gasteiger partial charge in [-0.15, -0.1) is 0 Å². The fraction of sp³-hybridized carbons (Fsp3) is 0.133. The number of nitrogens with one attached hydrogen (secondary N) is 1. The molecule has 6 nitrogen and oxygen atoms in total. The Morgan fingerprint density at radius 2 is 1.87 bits per heavy atom. The van der Waals surface area contributed by atoms with Crippen molar-refractivity contribution in [1.82, 2.24) is 9.88 Å². The van der Waals surface area contributed by atoms with Gasteiger partial charge in [0.1, 0.15) is 0 Å². The Labute approximate surface area is 138 Å². The van der Waals surface area contributed by atoms with Crippen molar-refractivity contribution in [3.05, 3.63) is 58.7 Å². The SMILES string of the molecule is Cc1cc(-c2ccc(S(=O)(=O)NCc3ccc(Cl)cc3)o2)on1. The van der Waals surface area contributed by atoms with Crippen molar-refractivity contribution >= 4 is 21.6 Å². The summed E-state index contributed by atoms with van der Waals surface area (Å²) in [5, 5.41) is 4.14. The number of aromatic nitrogens is 1. The molecule has 0 aliphatic heterocycles. The molecule has 0 unspecified atom stereocenters. The third-order valence-corrected chi connectivity index (χ3v) is 4.62. The topological polar surface area (TPSA) is 85.3 Å². The van der Waals surface area contributed by atoms with Crippen LogP contribution in [0.3, 0.4) is 0 Å². The van der Waals surface area contributed by atoms with Crippen LogP contribution in [-0.2, 0) is 16.6 Å². The summed E-state index contributed by atoms with van der Waals surface area (Å²) in [5.74, 6) is 0.680. The molecule has 2 aromatic heterocycles. The monoisotopic (exact) mass is 352 g/mol. The van der Waals surface area contributed by atoms with Gasteiger partial charge in [-0.25, -0.2) is 13.1 Å². The molecule has 0 bridgehead atoms. The Bertz CT molecular complexity index is 913. The molecule has 1 aromatic carbocycles. The van der Waals surface area contributed by atoms with Crippen LogP contribution in [-0.4, -0.2) is 13.6 Å². The quantitative estimate of drug-likeness (QED) is 0.760. The second-order valence-electron chi connectivity index (χ2n) is 4.90. The molecule has 120 valence electrons. The van der Waals surface area contributed by atoms with Gasteiger partial charge in [0, 0.05) is 17.6 Å². The summed E-state index contributed by atoms with van der Waals surface area (Å²) in [5.41, 5.74) is 1.47. The minimum atomic E-state index is -3.76. The van der Waals surface area contributed by atoms with Crippen molar-refractivity contribution in [2.45, 2.75) is 18.6 Å². The summed E-state index contributed by atoms with van der Waals surface area (Å²) in [4.78, 5) is 0. The molecule has 1 N–H and O–H groups in total.